The second kappa shape index (κ2) is 2.89. The number of hydrogen-bond donors (Lipinski definition) is 0. The highest BCUT2D eigenvalue weighted by atomic mass is 16.5. The fourth-order valence-electron chi connectivity index (χ4n) is 1.54. The lowest BCUT2D eigenvalue weighted by atomic mass is 10.1. The van der Waals surface area contributed by atoms with Crippen molar-refractivity contribution >= 4 is 0 Å². The van der Waals surface area contributed by atoms with Crippen LogP contribution in [0.15, 0.2) is 0 Å². The van der Waals surface area contributed by atoms with Crippen molar-refractivity contribution in [2.75, 3.05) is 14.2 Å². The Labute approximate surface area is 62.5 Å². The van der Waals surface area contributed by atoms with Crippen LogP contribution >= 0.6 is 0 Å². The summed E-state index contributed by atoms with van der Waals surface area (Å²) >= 11 is 0. The quantitative estimate of drug-likeness (QED) is 0.586. The molecule has 0 N–H and O–H groups in total. The maximum atomic E-state index is 5.35. The number of rotatable bonds is 2. The van der Waals surface area contributed by atoms with Gasteiger partial charge >= 0.3 is 0 Å². The molecule has 0 aliphatic heterocycles. The zero-order chi connectivity index (χ0) is 7.61. The molecule has 2 heteroatoms. The Balaban J connectivity index is 2.41. The van der Waals surface area contributed by atoms with E-state index in [9.17, 15) is 0 Å². The van der Waals surface area contributed by atoms with Gasteiger partial charge in [-0.3, -0.25) is 0 Å². The maximum absolute atomic E-state index is 5.35. The molecule has 1 aliphatic carbocycles. The van der Waals surface area contributed by atoms with Gasteiger partial charge in [0, 0.05) is 20.6 Å². The molecule has 0 aromatic heterocycles. The zero-order valence-corrected chi connectivity index (χ0v) is 7.02. The summed E-state index contributed by atoms with van der Waals surface area (Å²) in [4.78, 5) is 0. The molecular formula is C8H16O2. The van der Waals surface area contributed by atoms with Crippen LogP contribution in [-0.4, -0.2) is 25.9 Å². The van der Waals surface area contributed by atoms with Crippen molar-refractivity contribution in [2.45, 2.75) is 37.9 Å². The number of hydrogen-bond acceptors (Lipinski definition) is 2. The van der Waals surface area contributed by atoms with E-state index < -0.39 is 0 Å². The van der Waals surface area contributed by atoms with E-state index in [4.69, 9.17) is 9.47 Å². The van der Waals surface area contributed by atoms with E-state index in [1.165, 1.54) is 0 Å². The minimum atomic E-state index is 0.0840. The van der Waals surface area contributed by atoms with Gasteiger partial charge in [0.2, 0.25) is 0 Å². The topological polar surface area (TPSA) is 18.5 Å². The molecule has 0 spiro atoms. The second-order valence-electron chi connectivity index (χ2n) is 3.25. The lowest BCUT2D eigenvalue weighted by Gasteiger charge is -2.21. The van der Waals surface area contributed by atoms with Gasteiger partial charge in [-0.1, -0.05) is 0 Å². The van der Waals surface area contributed by atoms with Crippen molar-refractivity contribution in [1.82, 2.24) is 0 Å². The van der Waals surface area contributed by atoms with E-state index in [1.807, 2.05) is 0 Å². The fourth-order valence-corrected chi connectivity index (χ4v) is 1.54. The van der Waals surface area contributed by atoms with E-state index in [1.54, 1.807) is 14.2 Å². The van der Waals surface area contributed by atoms with E-state index in [2.05, 4.69) is 6.92 Å². The molecule has 10 heavy (non-hydrogen) atoms. The first-order valence-electron chi connectivity index (χ1n) is 3.78. The molecule has 0 saturated heterocycles. The van der Waals surface area contributed by atoms with E-state index in [0.29, 0.717) is 6.10 Å². The van der Waals surface area contributed by atoms with Gasteiger partial charge in [-0.05, 0) is 19.8 Å². The summed E-state index contributed by atoms with van der Waals surface area (Å²) in [5.41, 5.74) is 0.0840. The van der Waals surface area contributed by atoms with Crippen LogP contribution in [0.25, 0.3) is 0 Å². The maximum Gasteiger partial charge on any atom is 0.0676 e. The molecule has 60 valence electrons. The number of methoxy groups -OCH3 is 2. The van der Waals surface area contributed by atoms with Gasteiger partial charge in [-0.2, -0.15) is 0 Å². The SMILES string of the molecule is COC1CCC(C)(OC)C1. The first-order chi connectivity index (χ1) is 4.70. The van der Waals surface area contributed by atoms with Crippen molar-refractivity contribution < 1.29 is 9.47 Å². The van der Waals surface area contributed by atoms with Crippen LogP contribution in [-0.2, 0) is 9.47 Å². The van der Waals surface area contributed by atoms with Crippen LogP contribution in [0.2, 0.25) is 0 Å². The summed E-state index contributed by atoms with van der Waals surface area (Å²) in [7, 11) is 3.55. The van der Waals surface area contributed by atoms with Crippen LogP contribution < -0.4 is 0 Å². The lowest BCUT2D eigenvalue weighted by Crippen LogP contribution is -2.23. The van der Waals surface area contributed by atoms with Crippen molar-refractivity contribution in [3.63, 3.8) is 0 Å². The Morgan fingerprint density at radius 1 is 1.40 bits per heavy atom. The highest BCUT2D eigenvalue weighted by Gasteiger charge is 2.34. The van der Waals surface area contributed by atoms with E-state index in [0.717, 1.165) is 19.3 Å². The minimum absolute atomic E-state index is 0.0840. The summed E-state index contributed by atoms with van der Waals surface area (Å²) in [6, 6.07) is 0. The molecule has 0 amide bonds. The molecule has 1 fully saturated rings. The second-order valence-corrected chi connectivity index (χ2v) is 3.25. The number of ether oxygens (including phenoxy) is 2. The Morgan fingerprint density at radius 3 is 2.40 bits per heavy atom. The Morgan fingerprint density at radius 2 is 2.10 bits per heavy atom. The van der Waals surface area contributed by atoms with Crippen molar-refractivity contribution in [3.05, 3.63) is 0 Å². The van der Waals surface area contributed by atoms with Gasteiger partial charge in [0.05, 0.1) is 11.7 Å². The molecule has 2 nitrogen and oxygen atoms in total. The summed E-state index contributed by atoms with van der Waals surface area (Å²) in [6.45, 7) is 2.14. The first kappa shape index (κ1) is 8.02. The first-order valence-corrected chi connectivity index (χ1v) is 3.78. The van der Waals surface area contributed by atoms with Crippen molar-refractivity contribution in [1.29, 1.82) is 0 Å². The van der Waals surface area contributed by atoms with Crippen molar-refractivity contribution in [2.24, 2.45) is 0 Å². The summed E-state index contributed by atoms with van der Waals surface area (Å²) in [5, 5.41) is 0. The van der Waals surface area contributed by atoms with Gasteiger partial charge in [0.1, 0.15) is 0 Å². The molecule has 1 rings (SSSR count). The molecule has 0 radical (unpaired) electrons. The van der Waals surface area contributed by atoms with Crippen LogP contribution in [0.3, 0.4) is 0 Å². The molecule has 2 atom stereocenters. The Hall–Kier alpha value is -0.0800. The third-order valence-corrected chi connectivity index (χ3v) is 2.48. The fraction of sp³-hybridized carbons (Fsp3) is 1.00. The van der Waals surface area contributed by atoms with Crippen LogP contribution in [0.1, 0.15) is 26.2 Å². The standard InChI is InChI=1S/C8H16O2/c1-8(10-3)5-4-7(6-8)9-2/h7H,4-6H2,1-3H3. The van der Waals surface area contributed by atoms with Gasteiger partial charge in [0.15, 0.2) is 0 Å². The Bertz CT molecular complexity index is 114. The summed E-state index contributed by atoms with van der Waals surface area (Å²) < 4.78 is 10.6. The summed E-state index contributed by atoms with van der Waals surface area (Å²) in [6.07, 6.45) is 3.73. The molecular weight excluding hydrogens is 128 g/mol. The van der Waals surface area contributed by atoms with Crippen LogP contribution in [0, 0.1) is 0 Å². The van der Waals surface area contributed by atoms with Gasteiger partial charge in [-0.25, -0.2) is 0 Å². The highest BCUT2D eigenvalue weighted by molar-refractivity contribution is 4.87. The molecule has 0 heterocycles. The normalized spacial score (nSPS) is 40.5. The molecule has 1 saturated carbocycles. The Kier molecular flexibility index (Phi) is 2.32. The minimum Gasteiger partial charge on any atom is -0.381 e. The zero-order valence-electron chi connectivity index (χ0n) is 7.02. The van der Waals surface area contributed by atoms with Crippen molar-refractivity contribution in [3.8, 4) is 0 Å². The average Bonchev–Trinajstić information content (AvgIpc) is 2.33. The molecule has 1 aliphatic rings. The van der Waals surface area contributed by atoms with Gasteiger partial charge in [-0.15, -0.1) is 0 Å². The van der Waals surface area contributed by atoms with Crippen LogP contribution in [0.5, 0.6) is 0 Å². The smallest absolute Gasteiger partial charge is 0.0676 e. The predicted molar refractivity (Wildman–Crippen MR) is 40.1 cm³/mol. The third-order valence-electron chi connectivity index (χ3n) is 2.48. The van der Waals surface area contributed by atoms with Gasteiger partial charge in [0.25, 0.3) is 0 Å². The van der Waals surface area contributed by atoms with E-state index >= 15 is 0 Å². The monoisotopic (exact) mass is 144 g/mol. The molecule has 2 unspecified atom stereocenters. The van der Waals surface area contributed by atoms with E-state index in [-0.39, 0.29) is 5.60 Å². The average molecular weight is 144 g/mol. The lowest BCUT2D eigenvalue weighted by molar-refractivity contribution is -0.00388. The highest BCUT2D eigenvalue weighted by Crippen LogP contribution is 2.33. The largest absolute Gasteiger partial charge is 0.381 e. The molecule has 0 aromatic rings. The predicted octanol–water partition coefficient (Wildman–Crippen LogP) is 1.59. The third kappa shape index (κ3) is 1.50. The molecule has 0 aromatic carbocycles. The molecule has 0 bridgehead atoms. The summed E-state index contributed by atoms with van der Waals surface area (Å²) in [5.74, 6) is 0. The van der Waals surface area contributed by atoms with Crippen LogP contribution in [0.4, 0.5) is 0 Å². The van der Waals surface area contributed by atoms with Gasteiger partial charge < -0.3 is 9.47 Å².